The maximum absolute atomic E-state index is 5.32. The minimum absolute atomic E-state index is 0.802. The summed E-state index contributed by atoms with van der Waals surface area (Å²) in [6, 6.07) is 29.3. The smallest absolute Gasteiger partial charge is 0.181 e. The number of rotatable bonds is 4. The molecule has 0 unspecified atom stereocenters. The minimum atomic E-state index is 0.802. The van der Waals surface area contributed by atoms with E-state index >= 15 is 0 Å². The van der Waals surface area contributed by atoms with Crippen LogP contribution in [0.25, 0.3) is 43.6 Å². The van der Waals surface area contributed by atoms with Gasteiger partial charge in [0.15, 0.2) is 12.0 Å². The van der Waals surface area contributed by atoms with Crippen LogP contribution in [-0.2, 0) is 0 Å². The summed E-state index contributed by atoms with van der Waals surface area (Å²) in [6.45, 7) is 0. The van der Waals surface area contributed by atoms with Gasteiger partial charge in [0.1, 0.15) is 5.52 Å². The van der Waals surface area contributed by atoms with Gasteiger partial charge in [-0.3, -0.25) is 0 Å². The number of benzene rings is 4. The molecule has 0 spiro atoms. The van der Waals surface area contributed by atoms with Crippen LogP contribution in [-0.4, -0.2) is 9.97 Å². The van der Waals surface area contributed by atoms with Crippen molar-refractivity contribution in [2.45, 2.75) is 0 Å². The van der Waals surface area contributed by atoms with Gasteiger partial charge in [-0.05, 0) is 59.2 Å². The molecule has 4 nitrogen and oxygen atoms in total. The number of hydrogen-bond donors (Lipinski definition) is 1. The molecule has 0 aliphatic heterocycles. The number of thiazole rings is 1. The summed E-state index contributed by atoms with van der Waals surface area (Å²) in [5.74, 6) is 0. The summed E-state index contributed by atoms with van der Waals surface area (Å²) >= 11 is 1.67. The van der Waals surface area contributed by atoms with Gasteiger partial charge in [0.2, 0.25) is 0 Å². The molecule has 0 aliphatic rings. The number of nitrogens with zero attached hydrogens (tertiary/aromatic N) is 2. The zero-order chi connectivity index (χ0) is 20.6. The van der Waals surface area contributed by atoms with Crippen molar-refractivity contribution in [3.05, 3.63) is 96.8 Å². The van der Waals surface area contributed by atoms with Crippen LogP contribution in [0.3, 0.4) is 0 Å². The second-order valence-corrected chi connectivity index (χ2v) is 8.21. The Labute approximate surface area is 182 Å². The Kier molecular flexibility index (Phi) is 4.25. The van der Waals surface area contributed by atoms with Gasteiger partial charge in [0, 0.05) is 16.9 Å². The Morgan fingerprint density at radius 2 is 1.45 bits per heavy atom. The van der Waals surface area contributed by atoms with Crippen molar-refractivity contribution in [3.8, 4) is 22.3 Å². The van der Waals surface area contributed by atoms with E-state index in [1.165, 1.54) is 22.2 Å². The Hall–Kier alpha value is -3.96. The third-order valence-electron chi connectivity index (χ3n) is 5.39. The van der Waals surface area contributed by atoms with Crippen LogP contribution in [0.2, 0.25) is 0 Å². The van der Waals surface area contributed by atoms with Crippen molar-refractivity contribution in [1.82, 2.24) is 9.97 Å². The van der Waals surface area contributed by atoms with E-state index in [1.54, 1.807) is 11.3 Å². The van der Waals surface area contributed by atoms with Crippen molar-refractivity contribution in [3.63, 3.8) is 0 Å². The Bertz CT molecular complexity index is 1500. The molecule has 0 saturated carbocycles. The van der Waals surface area contributed by atoms with E-state index in [4.69, 9.17) is 4.42 Å². The standard InChI is InChI=1S/C26H17N3OS/c1-2-22(26-25(3-1)31-16-28-26)18-6-11-21(12-7-18)29-20-9-4-17(5-10-20)19-8-13-24-23(14-19)27-15-30-24/h1-16,29H. The van der Waals surface area contributed by atoms with Crippen LogP contribution in [0, 0.1) is 0 Å². The Morgan fingerprint density at radius 1 is 0.710 bits per heavy atom. The summed E-state index contributed by atoms with van der Waals surface area (Å²) in [5, 5.41) is 3.48. The third-order valence-corrected chi connectivity index (χ3v) is 6.19. The van der Waals surface area contributed by atoms with Gasteiger partial charge in [-0.15, -0.1) is 11.3 Å². The molecule has 1 N–H and O–H groups in total. The van der Waals surface area contributed by atoms with Crippen molar-refractivity contribution >= 4 is 44.0 Å². The highest BCUT2D eigenvalue weighted by atomic mass is 32.1. The van der Waals surface area contributed by atoms with Crippen molar-refractivity contribution in [1.29, 1.82) is 0 Å². The lowest BCUT2D eigenvalue weighted by molar-refractivity contribution is 0.602. The normalized spacial score (nSPS) is 11.2. The van der Waals surface area contributed by atoms with Crippen molar-refractivity contribution < 1.29 is 4.42 Å². The third kappa shape index (κ3) is 3.35. The predicted octanol–water partition coefficient (Wildman–Crippen LogP) is 7.52. The molecule has 6 rings (SSSR count). The highest BCUT2D eigenvalue weighted by molar-refractivity contribution is 7.16. The quantitative estimate of drug-likeness (QED) is 0.321. The average molecular weight is 420 g/mol. The molecule has 5 heteroatoms. The molecule has 4 aromatic carbocycles. The maximum Gasteiger partial charge on any atom is 0.181 e. The summed E-state index contributed by atoms with van der Waals surface area (Å²) in [4.78, 5) is 8.76. The van der Waals surface area contributed by atoms with E-state index in [9.17, 15) is 0 Å². The number of oxazole rings is 1. The summed E-state index contributed by atoms with van der Waals surface area (Å²) in [7, 11) is 0. The lowest BCUT2D eigenvalue weighted by Crippen LogP contribution is -1.90. The minimum Gasteiger partial charge on any atom is -0.443 e. The molecule has 148 valence electrons. The molecule has 0 bridgehead atoms. The highest BCUT2D eigenvalue weighted by Gasteiger charge is 2.07. The first-order chi connectivity index (χ1) is 15.3. The fourth-order valence-corrected chi connectivity index (χ4v) is 4.51. The van der Waals surface area contributed by atoms with E-state index in [-0.39, 0.29) is 0 Å². The molecule has 0 fully saturated rings. The van der Waals surface area contributed by atoms with E-state index in [2.05, 4.69) is 88.1 Å². The van der Waals surface area contributed by atoms with Crippen LogP contribution < -0.4 is 5.32 Å². The van der Waals surface area contributed by atoms with Gasteiger partial charge in [-0.1, -0.05) is 42.5 Å². The number of hydrogen-bond acceptors (Lipinski definition) is 5. The summed E-state index contributed by atoms with van der Waals surface area (Å²) in [6.07, 6.45) is 1.48. The fraction of sp³-hybridized carbons (Fsp3) is 0. The van der Waals surface area contributed by atoms with Crippen LogP contribution in [0.15, 0.2) is 101 Å². The lowest BCUT2D eigenvalue weighted by atomic mass is 10.0. The molecule has 0 amide bonds. The van der Waals surface area contributed by atoms with Crippen molar-refractivity contribution in [2.75, 3.05) is 5.32 Å². The summed E-state index contributed by atoms with van der Waals surface area (Å²) < 4.78 is 6.53. The monoisotopic (exact) mass is 419 g/mol. The first-order valence-corrected chi connectivity index (χ1v) is 10.8. The molecule has 0 atom stereocenters. The van der Waals surface area contributed by atoms with Crippen LogP contribution >= 0.6 is 11.3 Å². The topological polar surface area (TPSA) is 51.0 Å². The fourth-order valence-electron chi connectivity index (χ4n) is 3.80. The number of aromatic nitrogens is 2. The number of fused-ring (bicyclic) bond motifs is 2. The van der Waals surface area contributed by atoms with E-state index in [0.29, 0.717) is 0 Å². The Balaban J connectivity index is 1.22. The summed E-state index contributed by atoms with van der Waals surface area (Å²) in [5.41, 5.74) is 11.3. The largest absolute Gasteiger partial charge is 0.443 e. The lowest BCUT2D eigenvalue weighted by Gasteiger charge is -2.09. The van der Waals surface area contributed by atoms with Gasteiger partial charge in [0.05, 0.1) is 15.7 Å². The average Bonchev–Trinajstić information content (AvgIpc) is 3.49. The van der Waals surface area contributed by atoms with E-state index in [0.717, 1.165) is 39.1 Å². The van der Waals surface area contributed by atoms with E-state index < -0.39 is 0 Å². The zero-order valence-electron chi connectivity index (χ0n) is 16.4. The maximum atomic E-state index is 5.32. The SMILES string of the molecule is c1cc(-c2ccc(Nc3ccc(-c4ccc5ocnc5c4)cc3)cc2)c2ncsc2c1. The Morgan fingerprint density at radius 3 is 2.26 bits per heavy atom. The van der Waals surface area contributed by atoms with Crippen LogP contribution in [0.5, 0.6) is 0 Å². The molecule has 0 saturated heterocycles. The molecular formula is C26H17N3OS. The number of para-hydroxylation sites is 1. The molecule has 0 aliphatic carbocycles. The van der Waals surface area contributed by atoms with Gasteiger partial charge in [-0.2, -0.15) is 0 Å². The zero-order valence-corrected chi connectivity index (χ0v) is 17.3. The van der Waals surface area contributed by atoms with Gasteiger partial charge in [0.25, 0.3) is 0 Å². The molecule has 2 aromatic heterocycles. The first-order valence-electron chi connectivity index (χ1n) is 9.97. The number of anilines is 2. The predicted molar refractivity (Wildman–Crippen MR) is 128 cm³/mol. The molecular weight excluding hydrogens is 402 g/mol. The second kappa shape index (κ2) is 7.38. The molecule has 2 heterocycles. The highest BCUT2D eigenvalue weighted by Crippen LogP contribution is 2.31. The van der Waals surface area contributed by atoms with Gasteiger partial charge in [-0.25, -0.2) is 9.97 Å². The van der Waals surface area contributed by atoms with Gasteiger partial charge >= 0.3 is 0 Å². The second-order valence-electron chi connectivity index (χ2n) is 7.32. The van der Waals surface area contributed by atoms with Crippen LogP contribution in [0.4, 0.5) is 11.4 Å². The first kappa shape index (κ1) is 17.9. The molecule has 0 radical (unpaired) electrons. The molecule has 6 aromatic rings. The van der Waals surface area contributed by atoms with Crippen LogP contribution in [0.1, 0.15) is 0 Å². The van der Waals surface area contributed by atoms with E-state index in [1.807, 2.05) is 17.6 Å². The number of nitrogens with one attached hydrogen (secondary N) is 1. The van der Waals surface area contributed by atoms with Gasteiger partial charge < -0.3 is 9.73 Å². The molecule has 31 heavy (non-hydrogen) atoms. The van der Waals surface area contributed by atoms with Crippen molar-refractivity contribution in [2.24, 2.45) is 0 Å².